The predicted octanol–water partition coefficient (Wildman–Crippen LogP) is 2.55. The van der Waals surface area contributed by atoms with E-state index in [1.54, 1.807) is 38.1 Å². The summed E-state index contributed by atoms with van der Waals surface area (Å²) in [6.07, 6.45) is -0.307. The van der Waals surface area contributed by atoms with Crippen molar-refractivity contribution in [1.82, 2.24) is 9.78 Å². The zero-order valence-corrected chi connectivity index (χ0v) is 15.6. The van der Waals surface area contributed by atoms with Gasteiger partial charge in [0.2, 0.25) is 0 Å². The zero-order valence-electron chi connectivity index (χ0n) is 15.6. The summed E-state index contributed by atoms with van der Waals surface area (Å²) in [5, 5.41) is 4.94. The van der Waals surface area contributed by atoms with Gasteiger partial charge < -0.3 is 9.47 Å². The van der Waals surface area contributed by atoms with E-state index in [2.05, 4.69) is 5.10 Å². The molecule has 3 aromatic rings. The van der Waals surface area contributed by atoms with Gasteiger partial charge in [-0.25, -0.2) is 14.3 Å². The molecule has 0 bridgehead atoms. The Balaban J connectivity index is 1.94. The minimum atomic E-state index is -0.793. The second kappa shape index (κ2) is 8.47. The Bertz CT molecular complexity index is 1060. The highest BCUT2D eigenvalue weighted by Gasteiger charge is 2.19. The van der Waals surface area contributed by atoms with Gasteiger partial charge in [-0.3, -0.25) is 4.79 Å². The lowest BCUT2D eigenvalue weighted by Gasteiger charge is -2.11. The monoisotopic (exact) mass is 380 g/mol. The molecule has 0 amide bonds. The Morgan fingerprint density at radius 1 is 1.00 bits per heavy atom. The number of hydrogen-bond acceptors (Lipinski definition) is 6. The molecule has 28 heavy (non-hydrogen) atoms. The van der Waals surface area contributed by atoms with E-state index in [1.807, 2.05) is 30.3 Å². The first kappa shape index (κ1) is 19.3. The molecule has 0 fully saturated rings. The Labute approximate surface area is 161 Å². The van der Waals surface area contributed by atoms with Gasteiger partial charge in [0.15, 0.2) is 12.3 Å². The molecule has 0 aliphatic heterocycles. The van der Waals surface area contributed by atoms with Crippen LogP contribution < -0.4 is 5.56 Å². The highest BCUT2D eigenvalue weighted by Crippen LogP contribution is 2.15. The highest BCUT2D eigenvalue weighted by molar-refractivity contribution is 6.02. The molecule has 0 aliphatic rings. The smallest absolute Gasteiger partial charge is 0.360 e. The Hall–Kier alpha value is -3.48. The zero-order chi connectivity index (χ0) is 20.1. The molecule has 3 rings (SSSR count). The topological polar surface area (TPSA) is 87.5 Å². The van der Waals surface area contributed by atoms with Crippen LogP contribution >= 0.6 is 0 Å². The number of rotatable bonds is 6. The van der Waals surface area contributed by atoms with Gasteiger partial charge in [0.05, 0.1) is 18.0 Å². The fourth-order valence-electron chi connectivity index (χ4n) is 2.74. The fourth-order valence-corrected chi connectivity index (χ4v) is 2.74. The summed E-state index contributed by atoms with van der Waals surface area (Å²) in [6.45, 7) is 3.09. The maximum absolute atomic E-state index is 12.8. The van der Waals surface area contributed by atoms with E-state index in [0.29, 0.717) is 10.8 Å². The minimum Gasteiger partial charge on any atom is -0.460 e. The van der Waals surface area contributed by atoms with Crippen molar-refractivity contribution < 1.29 is 19.1 Å². The average Bonchev–Trinajstić information content (AvgIpc) is 2.68. The van der Waals surface area contributed by atoms with Crippen molar-refractivity contribution in [2.45, 2.75) is 26.5 Å². The summed E-state index contributed by atoms with van der Waals surface area (Å²) in [4.78, 5) is 37.0. The van der Waals surface area contributed by atoms with Crippen molar-refractivity contribution in [1.29, 1.82) is 0 Å². The molecule has 1 heterocycles. The second-order valence-electron chi connectivity index (χ2n) is 6.46. The second-order valence-corrected chi connectivity index (χ2v) is 6.46. The summed E-state index contributed by atoms with van der Waals surface area (Å²) in [7, 11) is 0. The van der Waals surface area contributed by atoms with E-state index in [9.17, 15) is 14.4 Å². The molecule has 0 saturated heterocycles. The van der Waals surface area contributed by atoms with Gasteiger partial charge in [-0.05, 0) is 25.5 Å². The Morgan fingerprint density at radius 2 is 1.64 bits per heavy atom. The number of esters is 2. The Kier molecular flexibility index (Phi) is 5.84. The van der Waals surface area contributed by atoms with Gasteiger partial charge >= 0.3 is 11.9 Å². The van der Waals surface area contributed by atoms with Crippen molar-refractivity contribution in [2.75, 3.05) is 6.61 Å². The molecule has 0 unspecified atom stereocenters. The summed E-state index contributed by atoms with van der Waals surface area (Å²) >= 11 is 0. The number of fused-ring (bicyclic) bond motifs is 1. The first-order valence-electron chi connectivity index (χ1n) is 8.86. The molecule has 7 heteroatoms. The van der Waals surface area contributed by atoms with Gasteiger partial charge in [0.1, 0.15) is 0 Å². The first-order chi connectivity index (χ1) is 13.5. The number of hydrogen-bond donors (Lipinski definition) is 0. The third kappa shape index (κ3) is 4.43. The van der Waals surface area contributed by atoms with Crippen LogP contribution in [0.15, 0.2) is 59.4 Å². The molecule has 7 nitrogen and oxygen atoms in total. The van der Waals surface area contributed by atoms with Crippen LogP contribution in [0.25, 0.3) is 10.8 Å². The van der Waals surface area contributed by atoms with E-state index in [-0.39, 0.29) is 23.9 Å². The van der Waals surface area contributed by atoms with E-state index >= 15 is 0 Å². The lowest BCUT2D eigenvalue weighted by atomic mass is 10.1. The van der Waals surface area contributed by atoms with Crippen molar-refractivity contribution in [3.63, 3.8) is 0 Å². The molecule has 0 radical (unpaired) electrons. The molecule has 144 valence electrons. The van der Waals surface area contributed by atoms with Gasteiger partial charge in [-0.1, -0.05) is 48.5 Å². The van der Waals surface area contributed by atoms with Crippen LogP contribution in [0.1, 0.15) is 29.9 Å². The van der Waals surface area contributed by atoms with Crippen LogP contribution in [0.5, 0.6) is 0 Å². The molecular weight excluding hydrogens is 360 g/mol. The maximum atomic E-state index is 12.8. The van der Waals surface area contributed by atoms with Crippen LogP contribution in [-0.4, -0.2) is 34.4 Å². The molecule has 0 aliphatic carbocycles. The standard InChI is InChI=1S/C21H20N2O5/c1-14(2)28-18(24)13-27-21(26)19-16-10-6-7-11-17(16)20(25)23(22-19)12-15-8-4-3-5-9-15/h3-11,14H,12-13H2,1-2H3. The molecule has 0 spiro atoms. The lowest BCUT2D eigenvalue weighted by molar-refractivity contribution is -0.150. The molecule has 0 N–H and O–H groups in total. The molecule has 2 aromatic carbocycles. The number of benzene rings is 2. The average molecular weight is 380 g/mol. The van der Waals surface area contributed by atoms with Gasteiger partial charge in [-0.2, -0.15) is 5.10 Å². The summed E-state index contributed by atoms with van der Waals surface area (Å²) in [6, 6.07) is 16.0. The largest absolute Gasteiger partial charge is 0.460 e. The van der Waals surface area contributed by atoms with E-state index in [0.717, 1.165) is 5.56 Å². The summed E-state index contributed by atoms with van der Waals surface area (Å²) in [5.41, 5.74) is 0.533. The van der Waals surface area contributed by atoms with Crippen molar-refractivity contribution in [3.05, 3.63) is 76.2 Å². The van der Waals surface area contributed by atoms with Crippen LogP contribution in [0.2, 0.25) is 0 Å². The summed E-state index contributed by atoms with van der Waals surface area (Å²) in [5.74, 6) is -1.44. The van der Waals surface area contributed by atoms with Crippen LogP contribution in [0, 0.1) is 0 Å². The van der Waals surface area contributed by atoms with Gasteiger partial charge in [0.25, 0.3) is 5.56 Å². The normalized spacial score (nSPS) is 10.8. The molecule has 1 aromatic heterocycles. The van der Waals surface area contributed by atoms with Crippen LogP contribution in [-0.2, 0) is 20.8 Å². The van der Waals surface area contributed by atoms with Crippen LogP contribution in [0.4, 0.5) is 0 Å². The van der Waals surface area contributed by atoms with Gasteiger partial charge in [0, 0.05) is 5.39 Å². The van der Waals surface area contributed by atoms with E-state index < -0.39 is 18.5 Å². The molecule has 0 atom stereocenters. The lowest BCUT2D eigenvalue weighted by Crippen LogP contribution is -2.28. The van der Waals surface area contributed by atoms with Gasteiger partial charge in [-0.15, -0.1) is 0 Å². The summed E-state index contributed by atoms with van der Waals surface area (Å²) < 4.78 is 11.2. The number of ether oxygens (including phenoxy) is 2. The third-order valence-corrected chi connectivity index (χ3v) is 3.92. The number of carbonyl (C=O) groups excluding carboxylic acids is 2. The SMILES string of the molecule is CC(C)OC(=O)COC(=O)c1nn(Cc2ccccc2)c(=O)c2ccccc12. The number of nitrogens with zero attached hydrogens (tertiary/aromatic N) is 2. The first-order valence-corrected chi connectivity index (χ1v) is 8.86. The van der Waals surface area contributed by atoms with Crippen molar-refractivity contribution >= 4 is 22.7 Å². The van der Waals surface area contributed by atoms with E-state index in [1.165, 1.54) is 4.68 Å². The fraction of sp³-hybridized carbons (Fsp3) is 0.238. The molecule has 0 saturated carbocycles. The maximum Gasteiger partial charge on any atom is 0.360 e. The number of aromatic nitrogens is 2. The number of carbonyl (C=O) groups is 2. The van der Waals surface area contributed by atoms with Crippen molar-refractivity contribution in [3.8, 4) is 0 Å². The van der Waals surface area contributed by atoms with Crippen LogP contribution in [0.3, 0.4) is 0 Å². The third-order valence-electron chi connectivity index (χ3n) is 3.92. The van der Waals surface area contributed by atoms with E-state index in [4.69, 9.17) is 9.47 Å². The Morgan fingerprint density at radius 3 is 2.32 bits per heavy atom. The quantitative estimate of drug-likeness (QED) is 0.611. The predicted molar refractivity (Wildman–Crippen MR) is 103 cm³/mol. The minimum absolute atomic E-state index is 0.0246. The molecular formula is C21H20N2O5. The highest BCUT2D eigenvalue weighted by atomic mass is 16.6. The van der Waals surface area contributed by atoms with Crippen molar-refractivity contribution in [2.24, 2.45) is 0 Å².